The highest BCUT2D eigenvalue weighted by Crippen LogP contribution is 2.30. The Morgan fingerprint density at radius 3 is 2.14 bits per heavy atom. The van der Waals surface area contributed by atoms with Gasteiger partial charge in [0.05, 0.1) is 5.56 Å². The average molecular weight is 281 g/mol. The third kappa shape index (κ3) is 3.07. The first-order valence-corrected chi connectivity index (χ1v) is 7.37. The molecule has 1 N–H and O–H groups in total. The fourth-order valence-corrected chi connectivity index (χ4v) is 3.01. The van der Waals surface area contributed by atoms with Gasteiger partial charge in [0, 0.05) is 18.8 Å². The molecular weight excluding hydrogens is 262 g/mol. The van der Waals surface area contributed by atoms with Gasteiger partial charge in [0.1, 0.15) is 0 Å². The number of piperidine rings is 1. The summed E-state index contributed by atoms with van der Waals surface area (Å²) in [5.41, 5.74) is 2.89. The van der Waals surface area contributed by atoms with E-state index in [-0.39, 0.29) is 0 Å². The van der Waals surface area contributed by atoms with Gasteiger partial charge in [-0.05, 0) is 48.6 Å². The highest BCUT2D eigenvalue weighted by atomic mass is 16.4. The SMILES string of the molecule is O=C(O)c1ccc(N2CCC(c3ccccc3)CC2)cc1. The molecule has 21 heavy (non-hydrogen) atoms. The Labute approximate surface area is 124 Å². The predicted octanol–water partition coefficient (Wildman–Crippen LogP) is 3.77. The predicted molar refractivity (Wildman–Crippen MR) is 84.0 cm³/mol. The third-order valence-corrected chi connectivity index (χ3v) is 4.25. The zero-order valence-corrected chi connectivity index (χ0v) is 11.9. The Balaban J connectivity index is 1.64. The van der Waals surface area contributed by atoms with E-state index in [0.717, 1.165) is 31.6 Å². The summed E-state index contributed by atoms with van der Waals surface area (Å²) in [6.07, 6.45) is 2.29. The van der Waals surface area contributed by atoms with Gasteiger partial charge in [-0.25, -0.2) is 4.79 Å². The Morgan fingerprint density at radius 2 is 1.57 bits per heavy atom. The summed E-state index contributed by atoms with van der Waals surface area (Å²) in [5, 5.41) is 8.93. The summed E-state index contributed by atoms with van der Waals surface area (Å²) in [6, 6.07) is 17.9. The number of carboxylic acids is 1. The van der Waals surface area contributed by atoms with Crippen LogP contribution in [0, 0.1) is 0 Å². The Kier molecular flexibility index (Phi) is 3.91. The van der Waals surface area contributed by atoms with Crippen LogP contribution in [-0.4, -0.2) is 24.2 Å². The van der Waals surface area contributed by atoms with Crippen LogP contribution in [0.1, 0.15) is 34.7 Å². The Morgan fingerprint density at radius 1 is 0.952 bits per heavy atom. The van der Waals surface area contributed by atoms with E-state index >= 15 is 0 Å². The molecule has 0 aliphatic carbocycles. The second-order valence-corrected chi connectivity index (χ2v) is 5.52. The van der Waals surface area contributed by atoms with Crippen LogP contribution in [0.15, 0.2) is 54.6 Å². The molecule has 0 unspecified atom stereocenters. The van der Waals surface area contributed by atoms with E-state index in [2.05, 4.69) is 35.2 Å². The van der Waals surface area contributed by atoms with Crippen LogP contribution < -0.4 is 4.90 Å². The van der Waals surface area contributed by atoms with E-state index in [1.54, 1.807) is 12.1 Å². The van der Waals surface area contributed by atoms with Gasteiger partial charge in [-0.1, -0.05) is 30.3 Å². The van der Waals surface area contributed by atoms with E-state index < -0.39 is 5.97 Å². The summed E-state index contributed by atoms with van der Waals surface area (Å²) in [4.78, 5) is 13.2. The molecule has 2 aromatic rings. The number of benzene rings is 2. The van der Waals surface area contributed by atoms with E-state index in [9.17, 15) is 4.79 Å². The monoisotopic (exact) mass is 281 g/mol. The standard InChI is InChI=1S/C18H19NO2/c20-18(21)16-6-8-17(9-7-16)19-12-10-15(11-13-19)14-4-2-1-3-5-14/h1-9,15H,10-13H2,(H,20,21). The zero-order valence-electron chi connectivity index (χ0n) is 11.9. The molecule has 1 saturated heterocycles. The zero-order chi connectivity index (χ0) is 14.7. The lowest BCUT2D eigenvalue weighted by Gasteiger charge is -2.34. The third-order valence-electron chi connectivity index (χ3n) is 4.25. The van der Waals surface area contributed by atoms with Crippen LogP contribution in [-0.2, 0) is 0 Å². The van der Waals surface area contributed by atoms with Crippen LogP contribution in [0.25, 0.3) is 0 Å². The molecule has 0 atom stereocenters. The summed E-state index contributed by atoms with van der Waals surface area (Å²) < 4.78 is 0. The molecule has 0 aromatic heterocycles. The van der Waals surface area contributed by atoms with Gasteiger partial charge in [0.25, 0.3) is 0 Å². The summed E-state index contributed by atoms with van der Waals surface area (Å²) in [5.74, 6) is -0.231. The molecule has 1 fully saturated rings. The van der Waals surface area contributed by atoms with Crippen LogP contribution in [0.3, 0.4) is 0 Å². The van der Waals surface area contributed by atoms with Crippen molar-refractivity contribution in [2.75, 3.05) is 18.0 Å². The number of carboxylic acid groups (broad SMARTS) is 1. The highest BCUT2D eigenvalue weighted by Gasteiger charge is 2.20. The van der Waals surface area contributed by atoms with Crippen molar-refractivity contribution < 1.29 is 9.90 Å². The first-order chi connectivity index (χ1) is 10.2. The first kappa shape index (κ1) is 13.7. The maximum atomic E-state index is 10.9. The fraction of sp³-hybridized carbons (Fsp3) is 0.278. The molecule has 3 rings (SSSR count). The maximum absolute atomic E-state index is 10.9. The highest BCUT2D eigenvalue weighted by molar-refractivity contribution is 5.88. The summed E-state index contributed by atoms with van der Waals surface area (Å²) in [7, 11) is 0. The molecule has 0 bridgehead atoms. The van der Waals surface area contributed by atoms with Gasteiger partial charge in [0.15, 0.2) is 0 Å². The minimum Gasteiger partial charge on any atom is -0.478 e. The molecule has 108 valence electrons. The van der Waals surface area contributed by atoms with Crippen LogP contribution in [0.2, 0.25) is 0 Å². The van der Waals surface area contributed by atoms with Gasteiger partial charge in [-0.2, -0.15) is 0 Å². The van der Waals surface area contributed by atoms with Crippen molar-refractivity contribution in [2.24, 2.45) is 0 Å². The van der Waals surface area contributed by atoms with Crippen molar-refractivity contribution in [2.45, 2.75) is 18.8 Å². The second-order valence-electron chi connectivity index (χ2n) is 5.52. The molecule has 3 heteroatoms. The number of hydrogen-bond donors (Lipinski definition) is 1. The van der Waals surface area contributed by atoms with Gasteiger partial charge >= 0.3 is 5.97 Å². The molecule has 0 saturated carbocycles. The average Bonchev–Trinajstić information content (AvgIpc) is 2.56. The summed E-state index contributed by atoms with van der Waals surface area (Å²) in [6.45, 7) is 2.04. The van der Waals surface area contributed by atoms with Crippen LogP contribution >= 0.6 is 0 Å². The molecule has 1 aliphatic rings. The Bertz CT molecular complexity index is 599. The molecule has 0 amide bonds. The molecule has 2 aromatic carbocycles. The molecule has 1 aliphatic heterocycles. The van der Waals surface area contributed by atoms with Gasteiger partial charge in [-0.15, -0.1) is 0 Å². The van der Waals surface area contributed by atoms with E-state index in [1.165, 1.54) is 5.56 Å². The number of anilines is 1. The number of rotatable bonds is 3. The number of nitrogens with zero attached hydrogens (tertiary/aromatic N) is 1. The lowest BCUT2D eigenvalue weighted by molar-refractivity contribution is 0.0697. The minimum atomic E-state index is -0.871. The quantitative estimate of drug-likeness (QED) is 0.931. The lowest BCUT2D eigenvalue weighted by atomic mass is 9.89. The smallest absolute Gasteiger partial charge is 0.335 e. The fourth-order valence-electron chi connectivity index (χ4n) is 3.01. The molecule has 0 radical (unpaired) electrons. The molecule has 0 spiro atoms. The van der Waals surface area contributed by atoms with Crippen molar-refractivity contribution in [1.29, 1.82) is 0 Å². The summed E-state index contributed by atoms with van der Waals surface area (Å²) >= 11 is 0. The van der Waals surface area contributed by atoms with Crippen LogP contribution in [0.4, 0.5) is 5.69 Å². The van der Waals surface area contributed by atoms with Gasteiger partial charge in [0.2, 0.25) is 0 Å². The van der Waals surface area contributed by atoms with Crippen molar-refractivity contribution >= 4 is 11.7 Å². The first-order valence-electron chi connectivity index (χ1n) is 7.37. The molecule has 1 heterocycles. The topological polar surface area (TPSA) is 40.5 Å². The van der Waals surface area contributed by atoms with Crippen LogP contribution in [0.5, 0.6) is 0 Å². The van der Waals surface area contributed by atoms with E-state index in [0.29, 0.717) is 11.5 Å². The molecule has 3 nitrogen and oxygen atoms in total. The van der Waals surface area contributed by atoms with Gasteiger partial charge in [-0.3, -0.25) is 0 Å². The molecular formula is C18H19NO2. The number of aromatic carboxylic acids is 1. The lowest BCUT2D eigenvalue weighted by Crippen LogP contribution is -2.32. The minimum absolute atomic E-state index is 0.345. The van der Waals surface area contributed by atoms with Crippen molar-refractivity contribution in [3.8, 4) is 0 Å². The maximum Gasteiger partial charge on any atom is 0.335 e. The van der Waals surface area contributed by atoms with Crippen molar-refractivity contribution in [3.63, 3.8) is 0 Å². The Hall–Kier alpha value is -2.29. The second kappa shape index (κ2) is 6.00. The van der Waals surface area contributed by atoms with Gasteiger partial charge < -0.3 is 10.0 Å². The van der Waals surface area contributed by atoms with Crippen molar-refractivity contribution in [1.82, 2.24) is 0 Å². The van der Waals surface area contributed by atoms with E-state index in [1.807, 2.05) is 12.1 Å². The largest absolute Gasteiger partial charge is 0.478 e. The van der Waals surface area contributed by atoms with Crippen molar-refractivity contribution in [3.05, 3.63) is 65.7 Å². The number of carbonyl (C=O) groups is 1. The van der Waals surface area contributed by atoms with E-state index in [4.69, 9.17) is 5.11 Å². The normalized spacial score (nSPS) is 15.9. The number of hydrogen-bond acceptors (Lipinski definition) is 2.